The molecule has 6 heteroatoms. The minimum atomic E-state index is 0.0687. The van der Waals surface area contributed by atoms with Gasteiger partial charge in [-0.25, -0.2) is 4.98 Å². The third-order valence-electron chi connectivity index (χ3n) is 2.93. The van der Waals surface area contributed by atoms with E-state index in [4.69, 9.17) is 5.73 Å². The van der Waals surface area contributed by atoms with Crippen LogP contribution in [0.3, 0.4) is 0 Å². The van der Waals surface area contributed by atoms with Crippen LogP contribution in [0.15, 0.2) is 11.6 Å². The molecule has 1 fully saturated rings. The molecule has 1 aromatic heterocycles. The van der Waals surface area contributed by atoms with Crippen molar-refractivity contribution in [1.29, 1.82) is 0 Å². The van der Waals surface area contributed by atoms with E-state index >= 15 is 0 Å². The van der Waals surface area contributed by atoms with Gasteiger partial charge in [-0.05, 0) is 12.8 Å². The minimum Gasteiger partial charge on any atom is -0.355 e. The molecule has 1 aromatic rings. The van der Waals surface area contributed by atoms with Crippen LogP contribution in [0.5, 0.6) is 0 Å². The molecular formula is C11H18N4OS. The highest BCUT2D eigenvalue weighted by Gasteiger charge is 2.26. The van der Waals surface area contributed by atoms with E-state index in [9.17, 15) is 4.79 Å². The molecule has 1 amide bonds. The summed E-state index contributed by atoms with van der Waals surface area (Å²) in [5, 5.41) is 5.84. The zero-order valence-electron chi connectivity index (χ0n) is 9.76. The standard InChI is InChI=1S/C11H18N4OS/c12-3-4-13-10(16)9-2-1-6-15(8-9)11-14-5-7-17-11/h5,7,9H,1-4,6,8,12H2,(H,13,16). The summed E-state index contributed by atoms with van der Waals surface area (Å²) in [5.41, 5.74) is 5.38. The van der Waals surface area contributed by atoms with Crippen LogP contribution in [0.4, 0.5) is 5.13 Å². The number of anilines is 1. The Labute approximate surface area is 105 Å². The summed E-state index contributed by atoms with van der Waals surface area (Å²) >= 11 is 1.62. The predicted octanol–water partition coefficient (Wildman–Crippen LogP) is 0.434. The maximum absolute atomic E-state index is 11.9. The van der Waals surface area contributed by atoms with Crippen molar-refractivity contribution in [3.8, 4) is 0 Å². The minimum absolute atomic E-state index is 0.0687. The summed E-state index contributed by atoms with van der Waals surface area (Å²) in [6, 6.07) is 0. The highest BCUT2D eigenvalue weighted by atomic mass is 32.1. The topological polar surface area (TPSA) is 71.2 Å². The quantitative estimate of drug-likeness (QED) is 0.817. The van der Waals surface area contributed by atoms with Crippen molar-refractivity contribution in [3.05, 3.63) is 11.6 Å². The second-order valence-corrected chi connectivity index (χ2v) is 5.05. The number of piperidine rings is 1. The molecule has 5 nitrogen and oxygen atoms in total. The second kappa shape index (κ2) is 5.97. The normalized spacial score (nSPS) is 20.3. The number of nitrogens with two attached hydrogens (primary N) is 1. The van der Waals surface area contributed by atoms with Crippen molar-refractivity contribution >= 4 is 22.4 Å². The Kier molecular flexibility index (Phi) is 4.33. The number of nitrogens with one attached hydrogen (secondary N) is 1. The maximum atomic E-state index is 11.9. The first-order chi connectivity index (χ1) is 8.31. The van der Waals surface area contributed by atoms with Gasteiger partial charge in [0, 0.05) is 37.8 Å². The highest BCUT2D eigenvalue weighted by Crippen LogP contribution is 2.24. The number of hydrogen-bond acceptors (Lipinski definition) is 5. The average molecular weight is 254 g/mol. The molecule has 0 aliphatic carbocycles. The Morgan fingerprint density at radius 1 is 1.71 bits per heavy atom. The van der Waals surface area contributed by atoms with Crippen LogP contribution in [-0.4, -0.2) is 37.1 Å². The van der Waals surface area contributed by atoms with Gasteiger partial charge in [0.1, 0.15) is 0 Å². The molecule has 94 valence electrons. The summed E-state index contributed by atoms with van der Waals surface area (Å²) < 4.78 is 0. The largest absolute Gasteiger partial charge is 0.355 e. The van der Waals surface area contributed by atoms with Gasteiger partial charge in [-0.15, -0.1) is 11.3 Å². The SMILES string of the molecule is NCCNC(=O)C1CCCN(c2nccs2)C1. The lowest BCUT2D eigenvalue weighted by Gasteiger charge is -2.31. The van der Waals surface area contributed by atoms with E-state index in [0.29, 0.717) is 13.1 Å². The molecule has 1 aliphatic heterocycles. The Balaban J connectivity index is 1.90. The van der Waals surface area contributed by atoms with Gasteiger partial charge in [0.2, 0.25) is 5.91 Å². The van der Waals surface area contributed by atoms with Crippen LogP contribution < -0.4 is 16.0 Å². The molecule has 2 rings (SSSR count). The molecule has 0 radical (unpaired) electrons. The van der Waals surface area contributed by atoms with Crippen LogP contribution in [0.25, 0.3) is 0 Å². The van der Waals surface area contributed by atoms with Crippen molar-refractivity contribution in [2.24, 2.45) is 11.7 Å². The number of thiazole rings is 1. The zero-order chi connectivity index (χ0) is 12.1. The lowest BCUT2D eigenvalue weighted by Crippen LogP contribution is -2.44. The van der Waals surface area contributed by atoms with Gasteiger partial charge in [0.25, 0.3) is 0 Å². The number of carbonyl (C=O) groups excluding carboxylic acids is 1. The summed E-state index contributed by atoms with van der Waals surface area (Å²) in [6.07, 6.45) is 3.80. The third kappa shape index (κ3) is 3.17. The molecule has 1 aliphatic rings. The van der Waals surface area contributed by atoms with Gasteiger partial charge in [-0.2, -0.15) is 0 Å². The van der Waals surface area contributed by atoms with Crippen molar-refractivity contribution in [3.63, 3.8) is 0 Å². The van der Waals surface area contributed by atoms with Crippen molar-refractivity contribution in [1.82, 2.24) is 10.3 Å². The molecule has 1 unspecified atom stereocenters. The number of nitrogens with zero attached hydrogens (tertiary/aromatic N) is 2. The number of hydrogen-bond donors (Lipinski definition) is 2. The molecule has 0 spiro atoms. The first-order valence-corrected chi connectivity index (χ1v) is 6.81. The Morgan fingerprint density at radius 2 is 2.59 bits per heavy atom. The van der Waals surface area contributed by atoms with E-state index in [-0.39, 0.29) is 11.8 Å². The number of aromatic nitrogens is 1. The third-order valence-corrected chi connectivity index (χ3v) is 3.76. The van der Waals surface area contributed by atoms with Gasteiger partial charge in [0.15, 0.2) is 5.13 Å². The molecule has 3 N–H and O–H groups in total. The van der Waals surface area contributed by atoms with Crippen LogP contribution in [0, 0.1) is 5.92 Å². The van der Waals surface area contributed by atoms with Crippen molar-refractivity contribution < 1.29 is 4.79 Å². The molecular weight excluding hydrogens is 236 g/mol. The second-order valence-electron chi connectivity index (χ2n) is 4.18. The van der Waals surface area contributed by atoms with E-state index in [0.717, 1.165) is 31.1 Å². The van der Waals surface area contributed by atoms with Gasteiger partial charge in [-0.1, -0.05) is 0 Å². The molecule has 17 heavy (non-hydrogen) atoms. The average Bonchev–Trinajstić information content (AvgIpc) is 2.90. The van der Waals surface area contributed by atoms with Crippen molar-refractivity contribution in [2.45, 2.75) is 12.8 Å². The Morgan fingerprint density at radius 3 is 3.29 bits per heavy atom. The maximum Gasteiger partial charge on any atom is 0.224 e. The van der Waals surface area contributed by atoms with E-state index < -0.39 is 0 Å². The Hall–Kier alpha value is -1.14. The molecule has 0 aromatic carbocycles. The number of amides is 1. The van der Waals surface area contributed by atoms with E-state index in [1.54, 1.807) is 17.5 Å². The van der Waals surface area contributed by atoms with Gasteiger partial charge >= 0.3 is 0 Å². The van der Waals surface area contributed by atoms with E-state index in [1.165, 1.54) is 0 Å². The number of carbonyl (C=O) groups is 1. The number of rotatable bonds is 4. The fraction of sp³-hybridized carbons (Fsp3) is 0.636. The highest BCUT2D eigenvalue weighted by molar-refractivity contribution is 7.13. The fourth-order valence-electron chi connectivity index (χ4n) is 2.08. The van der Waals surface area contributed by atoms with Gasteiger partial charge < -0.3 is 16.0 Å². The molecule has 1 atom stereocenters. The predicted molar refractivity (Wildman–Crippen MR) is 69.1 cm³/mol. The van der Waals surface area contributed by atoms with Gasteiger partial charge in [0.05, 0.1) is 5.92 Å². The van der Waals surface area contributed by atoms with Crippen LogP contribution in [0.1, 0.15) is 12.8 Å². The fourth-order valence-corrected chi connectivity index (χ4v) is 2.76. The summed E-state index contributed by atoms with van der Waals surface area (Å²) in [5.74, 6) is 0.191. The lowest BCUT2D eigenvalue weighted by atomic mass is 9.97. The Bertz CT molecular complexity index is 354. The monoisotopic (exact) mass is 254 g/mol. The first kappa shape index (κ1) is 12.3. The molecule has 2 heterocycles. The van der Waals surface area contributed by atoms with Crippen LogP contribution in [-0.2, 0) is 4.79 Å². The van der Waals surface area contributed by atoms with E-state index in [2.05, 4.69) is 15.2 Å². The van der Waals surface area contributed by atoms with Crippen molar-refractivity contribution in [2.75, 3.05) is 31.1 Å². The molecule has 0 saturated carbocycles. The lowest BCUT2D eigenvalue weighted by molar-refractivity contribution is -0.125. The summed E-state index contributed by atoms with van der Waals surface area (Å²) in [6.45, 7) is 2.82. The van der Waals surface area contributed by atoms with Gasteiger partial charge in [-0.3, -0.25) is 4.79 Å². The van der Waals surface area contributed by atoms with Crippen LogP contribution in [0.2, 0.25) is 0 Å². The summed E-state index contributed by atoms with van der Waals surface area (Å²) in [4.78, 5) is 18.3. The van der Waals surface area contributed by atoms with Crippen LogP contribution >= 0.6 is 11.3 Å². The van der Waals surface area contributed by atoms with E-state index in [1.807, 2.05) is 5.38 Å². The zero-order valence-corrected chi connectivity index (χ0v) is 10.6. The molecule has 1 saturated heterocycles. The molecule has 0 bridgehead atoms. The smallest absolute Gasteiger partial charge is 0.224 e. The summed E-state index contributed by atoms with van der Waals surface area (Å²) in [7, 11) is 0. The first-order valence-electron chi connectivity index (χ1n) is 5.93.